The second-order valence-electron chi connectivity index (χ2n) is 5.03. The van der Waals surface area contributed by atoms with Gasteiger partial charge in [0.2, 0.25) is 0 Å². The lowest BCUT2D eigenvalue weighted by Gasteiger charge is -2.22. The fraction of sp³-hybridized carbons (Fsp3) is 0.267. The van der Waals surface area contributed by atoms with Crippen LogP contribution < -0.4 is 9.62 Å². The van der Waals surface area contributed by atoms with Gasteiger partial charge < -0.3 is 5.32 Å². The van der Waals surface area contributed by atoms with E-state index in [-0.39, 0.29) is 0 Å². The van der Waals surface area contributed by atoms with Gasteiger partial charge in [0.15, 0.2) is 0 Å². The quantitative estimate of drug-likeness (QED) is 0.945. The third kappa shape index (κ3) is 2.58. The number of benzene rings is 1. The van der Waals surface area contributed by atoms with E-state index in [0.29, 0.717) is 10.6 Å². The first-order valence-corrected chi connectivity index (χ1v) is 8.29. The highest BCUT2D eigenvalue weighted by Crippen LogP contribution is 2.28. The molecule has 1 N–H and O–H groups in total. The molecule has 1 aromatic heterocycles. The summed E-state index contributed by atoms with van der Waals surface area (Å²) in [6, 6.07) is 8.73. The van der Waals surface area contributed by atoms with Crippen LogP contribution in [0.15, 0.2) is 47.6 Å². The van der Waals surface area contributed by atoms with Gasteiger partial charge in [0.1, 0.15) is 0 Å². The first kappa shape index (κ1) is 13.9. The Morgan fingerprint density at radius 2 is 2.14 bits per heavy atom. The maximum absolute atomic E-state index is 12.7. The maximum atomic E-state index is 12.7. The van der Waals surface area contributed by atoms with E-state index >= 15 is 0 Å². The van der Waals surface area contributed by atoms with Crippen molar-refractivity contribution in [3.05, 3.63) is 48.3 Å². The van der Waals surface area contributed by atoms with Crippen molar-refractivity contribution in [3.63, 3.8) is 0 Å². The highest BCUT2D eigenvalue weighted by Gasteiger charge is 2.23. The molecular formula is C15H17N3O2S. The average Bonchev–Trinajstić information content (AvgIpc) is 2.54. The molecule has 0 radical (unpaired) electrons. The maximum Gasteiger partial charge on any atom is 0.264 e. The van der Waals surface area contributed by atoms with E-state index in [1.54, 1.807) is 37.5 Å². The molecule has 0 unspecified atom stereocenters. The molecule has 0 bridgehead atoms. The minimum absolute atomic E-state index is 0.294. The molecule has 1 aromatic carbocycles. The molecule has 0 fully saturated rings. The van der Waals surface area contributed by atoms with E-state index in [0.717, 1.165) is 25.1 Å². The summed E-state index contributed by atoms with van der Waals surface area (Å²) < 4.78 is 26.6. The zero-order valence-electron chi connectivity index (χ0n) is 11.8. The second kappa shape index (κ2) is 5.37. The van der Waals surface area contributed by atoms with Crippen LogP contribution in [0.2, 0.25) is 0 Å². The van der Waals surface area contributed by atoms with Gasteiger partial charge in [0, 0.05) is 25.5 Å². The number of rotatable bonds is 3. The van der Waals surface area contributed by atoms with Crippen molar-refractivity contribution in [2.45, 2.75) is 17.7 Å². The molecule has 110 valence electrons. The molecule has 2 aromatic rings. The molecule has 6 heteroatoms. The summed E-state index contributed by atoms with van der Waals surface area (Å²) in [5, 5.41) is 3.26. The van der Waals surface area contributed by atoms with Crippen molar-refractivity contribution in [3.8, 4) is 0 Å². The van der Waals surface area contributed by atoms with Crippen molar-refractivity contribution < 1.29 is 8.42 Å². The van der Waals surface area contributed by atoms with Gasteiger partial charge in [-0.15, -0.1) is 0 Å². The van der Waals surface area contributed by atoms with Gasteiger partial charge in [0.05, 0.1) is 16.8 Å². The van der Waals surface area contributed by atoms with Crippen LogP contribution in [0.3, 0.4) is 0 Å². The molecule has 0 saturated carbocycles. The van der Waals surface area contributed by atoms with Crippen LogP contribution in [0.5, 0.6) is 0 Å². The summed E-state index contributed by atoms with van der Waals surface area (Å²) in [6.45, 7) is 0.884. The van der Waals surface area contributed by atoms with E-state index in [1.807, 2.05) is 6.07 Å². The predicted octanol–water partition coefficient (Wildman–Crippen LogP) is 2.26. The Labute approximate surface area is 124 Å². The lowest BCUT2D eigenvalue weighted by Crippen LogP contribution is -2.27. The molecular weight excluding hydrogens is 286 g/mol. The minimum atomic E-state index is -3.57. The second-order valence-corrected chi connectivity index (χ2v) is 7.00. The molecule has 0 atom stereocenters. The number of anilines is 2. The number of nitrogens with zero attached hydrogens (tertiary/aromatic N) is 2. The predicted molar refractivity (Wildman–Crippen MR) is 83.1 cm³/mol. The highest BCUT2D eigenvalue weighted by atomic mass is 32.2. The van der Waals surface area contributed by atoms with Crippen LogP contribution in [0, 0.1) is 0 Å². The zero-order chi connectivity index (χ0) is 14.9. The topological polar surface area (TPSA) is 62.3 Å². The summed E-state index contributed by atoms with van der Waals surface area (Å²) in [4.78, 5) is 4.26. The first-order chi connectivity index (χ1) is 10.1. The largest absolute Gasteiger partial charge is 0.385 e. The van der Waals surface area contributed by atoms with E-state index in [4.69, 9.17) is 0 Å². The monoisotopic (exact) mass is 303 g/mol. The lowest BCUT2D eigenvalue weighted by molar-refractivity contribution is 0.594. The lowest BCUT2D eigenvalue weighted by atomic mass is 10.0. The molecule has 0 aliphatic carbocycles. The highest BCUT2D eigenvalue weighted by molar-refractivity contribution is 7.92. The Morgan fingerprint density at radius 3 is 2.90 bits per heavy atom. The molecule has 0 saturated heterocycles. The Hall–Kier alpha value is -2.08. The van der Waals surface area contributed by atoms with E-state index in [9.17, 15) is 8.42 Å². The number of aromatic nitrogens is 1. The number of aryl methyl sites for hydroxylation is 1. The summed E-state index contributed by atoms with van der Waals surface area (Å²) in [5.41, 5.74) is 2.63. The Morgan fingerprint density at radius 1 is 1.29 bits per heavy atom. The van der Waals surface area contributed by atoms with Gasteiger partial charge >= 0.3 is 0 Å². The van der Waals surface area contributed by atoms with Gasteiger partial charge in [-0.3, -0.25) is 9.29 Å². The van der Waals surface area contributed by atoms with Crippen LogP contribution >= 0.6 is 0 Å². The number of fused-ring (bicyclic) bond motifs is 1. The van der Waals surface area contributed by atoms with Gasteiger partial charge in [-0.05, 0) is 42.7 Å². The SMILES string of the molecule is CN(c1cccnc1)S(=O)(=O)c1ccc2c(c1)NCCC2. The smallest absolute Gasteiger partial charge is 0.264 e. The Bertz CT molecular complexity index is 745. The van der Waals surface area contributed by atoms with E-state index in [2.05, 4.69) is 10.3 Å². The first-order valence-electron chi connectivity index (χ1n) is 6.85. The average molecular weight is 303 g/mol. The van der Waals surface area contributed by atoms with Crippen molar-refractivity contribution in [2.24, 2.45) is 0 Å². The van der Waals surface area contributed by atoms with Gasteiger partial charge in [-0.2, -0.15) is 0 Å². The van der Waals surface area contributed by atoms with Crippen LogP contribution in [0.4, 0.5) is 11.4 Å². The van der Waals surface area contributed by atoms with Crippen molar-refractivity contribution in [2.75, 3.05) is 23.2 Å². The number of hydrogen-bond acceptors (Lipinski definition) is 4. The molecule has 3 rings (SSSR count). The van der Waals surface area contributed by atoms with Gasteiger partial charge in [-0.25, -0.2) is 8.42 Å². The molecule has 1 aliphatic heterocycles. The van der Waals surface area contributed by atoms with Crippen LogP contribution in [-0.2, 0) is 16.4 Å². The molecule has 1 aliphatic rings. The number of hydrogen-bond donors (Lipinski definition) is 1. The van der Waals surface area contributed by atoms with Gasteiger partial charge in [0.25, 0.3) is 10.0 Å². The summed E-state index contributed by atoms with van der Waals surface area (Å²) in [6.07, 6.45) is 5.22. The molecule has 0 amide bonds. The van der Waals surface area contributed by atoms with Crippen LogP contribution in [-0.4, -0.2) is 27.0 Å². The number of nitrogens with one attached hydrogen (secondary N) is 1. The van der Waals surface area contributed by atoms with Crippen LogP contribution in [0.25, 0.3) is 0 Å². The third-order valence-corrected chi connectivity index (χ3v) is 5.47. The van der Waals surface area contributed by atoms with E-state index < -0.39 is 10.0 Å². The summed E-state index contributed by atoms with van der Waals surface area (Å²) in [7, 11) is -2.03. The standard InChI is InChI=1S/C15H17N3O2S/c1-18(13-5-3-8-16-11-13)21(19,20)14-7-6-12-4-2-9-17-15(12)10-14/h3,5-8,10-11,17H,2,4,9H2,1H3. The summed E-state index contributed by atoms with van der Waals surface area (Å²) >= 11 is 0. The Balaban J connectivity index is 1.98. The van der Waals surface area contributed by atoms with Crippen molar-refractivity contribution in [1.82, 2.24) is 4.98 Å². The fourth-order valence-corrected chi connectivity index (χ4v) is 3.65. The zero-order valence-corrected chi connectivity index (χ0v) is 12.6. The number of pyridine rings is 1. The van der Waals surface area contributed by atoms with Crippen molar-refractivity contribution in [1.29, 1.82) is 0 Å². The fourth-order valence-electron chi connectivity index (χ4n) is 2.44. The molecule has 2 heterocycles. The van der Waals surface area contributed by atoms with Gasteiger partial charge in [-0.1, -0.05) is 6.07 Å². The van der Waals surface area contributed by atoms with Crippen LogP contribution in [0.1, 0.15) is 12.0 Å². The normalized spacial score (nSPS) is 14.1. The number of sulfonamides is 1. The van der Waals surface area contributed by atoms with Crippen molar-refractivity contribution >= 4 is 21.4 Å². The minimum Gasteiger partial charge on any atom is -0.385 e. The van der Waals surface area contributed by atoms with E-state index in [1.165, 1.54) is 16.1 Å². The third-order valence-electron chi connectivity index (χ3n) is 3.69. The summed E-state index contributed by atoms with van der Waals surface area (Å²) in [5.74, 6) is 0. The molecule has 5 nitrogen and oxygen atoms in total. The molecule has 21 heavy (non-hydrogen) atoms. The Kier molecular flexibility index (Phi) is 3.55. The molecule has 0 spiro atoms.